The van der Waals surface area contributed by atoms with E-state index in [1.54, 1.807) is 12.1 Å². The number of hydrogen-bond acceptors (Lipinski definition) is 6. The smallest absolute Gasteiger partial charge is 0.271 e. The quantitative estimate of drug-likeness (QED) is 0.454. The second-order valence-electron chi connectivity index (χ2n) is 4.90. The topological polar surface area (TPSA) is 103 Å². The van der Waals surface area contributed by atoms with Gasteiger partial charge < -0.3 is 14.8 Å². The van der Waals surface area contributed by atoms with Gasteiger partial charge in [-0.25, -0.2) is 0 Å². The molecule has 0 saturated carbocycles. The molecule has 0 radical (unpaired) electrons. The van der Waals surface area contributed by atoms with Crippen LogP contribution < -0.4 is 20.1 Å². The zero-order chi connectivity index (χ0) is 19.3. The summed E-state index contributed by atoms with van der Waals surface area (Å²) in [5, 5.41) is 16.1. The third kappa shape index (κ3) is 4.58. The minimum atomic E-state index is -0.563. The summed E-state index contributed by atoms with van der Waals surface area (Å²) in [6, 6.07) is 8.47. The molecule has 2 aromatic carbocycles. The van der Waals surface area contributed by atoms with Gasteiger partial charge in [0.1, 0.15) is 0 Å². The summed E-state index contributed by atoms with van der Waals surface area (Å²) in [4.78, 5) is 22.6. The molecule has 26 heavy (non-hydrogen) atoms. The van der Waals surface area contributed by atoms with E-state index in [2.05, 4.69) is 10.6 Å². The Morgan fingerprint density at radius 1 is 1.15 bits per heavy atom. The van der Waals surface area contributed by atoms with Crippen molar-refractivity contribution in [2.24, 2.45) is 0 Å². The summed E-state index contributed by atoms with van der Waals surface area (Å²) in [5.41, 5.74) is 0.335. The summed E-state index contributed by atoms with van der Waals surface area (Å²) < 4.78 is 10.3. The molecule has 136 valence electrons. The van der Waals surface area contributed by atoms with E-state index in [1.165, 1.54) is 38.5 Å². The van der Waals surface area contributed by atoms with Crippen molar-refractivity contribution in [1.82, 2.24) is 5.32 Å². The Hall–Kier alpha value is -2.91. The molecule has 0 atom stereocenters. The van der Waals surface area contributed by atoms with Gasteiger partial charge in [-0.1, -0.05) is 11.6 Å². The summed E-state index contributed by atoms with van der Waals surface area (Å²) in [6.07, 6.45) is 0. The van der Waals surface area contributed by atoms with Crippen LogP contribution in [0, 0.1) is 10.1 Å². The highest BCUT2D eigenvalue weighted by atomic mass is 35.5. The number of ether oxygens (including phenoxy) is 2. The fraction of sp³-hybridized carbons (Fsp3) is 0.125. The predicted octanol–water partition coefficient (Wildman–Crippen LogP) is 3.39. The van der Waals surface area contributed by atoms with Crippen molar-refractivity contribution < 1.29 is 19.2 Å². The number of nitro benzene ring substituents is 1. The molecule has 0 bridgehead atoms. The van der Waals surface area contributed by atoms with Gasteiger partial charge in [-0.2, -0.15) is 0 Å². The summed E-state index contributed by atoms with van der Waals surface area (Å²) in [6.45, 7) is 0. The maximum Gasteiger partial charge on any atom is 0.271 e. The number of rotatable bonds is 5. The lowest BCUT2D eigenvalue weighted by molar-refractivity contribution is -0.384. The highest BCUT2D eigenvalue weighted by Gasteiger charge is 2.14. The molecule has 0 aromatic heterocycles. The standard InChI is InChI=1S/C16H14ClN3O5S/c1-24-13-6-3-9(7-14(13)25-2)15(21)19-16(26)18-12-8-10(20(22)23)4-5-11(12)17/h3-8H,1-2H3,(H2,18,19,21,26). The lowest BCUT2D eigenvalue weighted by Crippen LogP contribution is -2.34. The van der Waals surface area contributed by atoms with Crippen molar-refractivity contribution >= 4 is 46.2 Å². The number of nitrogens with one attached hydrogen (secondary N) is 2. The SMILES string of the molecule is COc1ccc(C(=O)NC(=S)Nc2cc([N+](=O)[O-])ccc2Cl)cc1OC. The minimum Gasteiger partial charge on any atom is -0.493 e. The normalized spacial score (nSPS) is 9.96. The molecule has 2 rings (SSSR count). The van der Waals surface area contributed by atoms with E-state index in [0.29, 0.717) is 11.5 Å². The molecule has 0 heterocycles. The van der Waals surface area contributed by atoms with Gasteiger partial charge in [0.2, 0.25) is 0 Å². The van der Waals surface area contributed by atoms with Crippen molar-refractivity contribution in [3.8, 4) is 11.5 Å². The van der Waals surface area contributed by atoms with Gasteiger partial charge in [0, 0.05) is 17.7 Å². The van der Waals surface area contributed by atoms with Crippen LogP contribution in [0.15, 0.2) is 36.4 Å². The average molecular weight is 396 g/mol. The van der Waals surface area contributed by atoms with Gasteiger partial charge in [0.05, 0.1) is 29.9 Å². The maximum absolute atomic E-state index is 12.3. The molecule has 0 spiro atoms. The van der Waals surface area contributed by atoms with Crippen molar-refractivity contribution in [3.63, 3.8) is 0 Å². The number of carbonyl (C=O) groups is 1. The Kier molecular flexibility index (Phi) is 6.31. The summed E-state index contributed by atoms with van der Waals surface area (Å²) in [7, 11) is 2.94. The molecule has 0 fully saturated rings. The molecule has 0 saturated heterocycles. The van der Waals surface area contributed by atoms with Gasteiger partial charge in [0.15, 0.2) is 16.6 Å². The van der Waals surface area contributed by atoms with Crippen LogP contribution in [0.25, 0.3) is 0 Å². The summed E-state index contributed by atoms with van der Waals surface area (Å²) in [5.74, 6) is 0.374. The van der Waals surface area contributed by atoms with Crippen LogP contribution in [0.1, 0.15) is 10.4 Å². The third-order valence-electron chi connectivity index (χ3n) is 3.28. The first-order valence-electron chi connectivity index (χ1n) is 7.14. The lowest BCUT2D eigenvalue weighted by atomic mass is 10.2. The van der Waals surface area contributed by atoms with Crippen LogP contribution in [-0.4, -0.2) is 30.2 Å². The fourth-order valence-electron chi connectivity index (χ4n) is 2.03. The Morgan fingerprint density at radius 3 is 2.46 bits per heavy atom. The fourth-order valence-corrected chi connectivity index (χ4v) is 2.40. The molecule has 1 amide bonds. The molecule has 2 N–H and O–H groups in total. The Bertz CT molecular complexity index is 875. The van der Waals surface area contributed by atoms with Crippen LogP contribution in [0.5, 0.6) is 11.5 Å². The van der Waals surface area contributed by atoms with Crippen molar-refractivity contribution in [3.05, 3.63) is 57.1 Å². The van der Waals surface area contributed by atoms with Crippen LogP contribution in [0.4, 0.5) is 11.4 Å². The molecule has 10 heteroatoms. The van der Waals surface area contributed by atoms with Crippen LogP contribution in [-0.2, 0) is 0 Å². The molecule has 2 aromatic rings. The number of methoxy groups -OCH3 is 2. The molecule has 0 unspecified atom stereocenters. The molecule has 8 nitrogen and oxygen atoms in total. The van der Waals surface area contributed by atoms with Gasteiger partial charge >= 0.3 is 0 Å². The van der Waals surface area contributed by atoms with E-state index >= 15 is 0 Å². The molecular weight excluding hydrogens is 382 g/mol. The zero-order valence-corrected chi connectivity index (χ0v) is 15.3. The van der Waals surface area contributed by atoms with Crippen LogP contribution >= 0.6 is 23.8 Å². The first kappa shape index (κ1) is 19.4. The molecule has 0 aliphatic carbocycles. The number of halogens is 1. The second-order valence-corrected chi connectivity index (χ2v) is 5.71. The molecule has 0 aliphatic heterocycles. The van der Waals surface area contributed by atoms with E-state index in [0.717, 1.165) is 0 Å². The average Bonchev–Trinajstić information content (AvgIpc) is 2.62. The lowest BCUT2D eigenvalue weighted by Gasteiger charge is -2.12. The highest BCUT2D eigenvalue weighted by Crippen LogP contribution is 2.28. The van der Waals surface area contributed by atoms with E-state index in [1.807, 2.05) is 0 Å². The number of amides is 1. The molecular formula is C16H14ClN3O5S. The Morgan fingerprint density at radius 2 is 1.85 bits per heavy atom. The predicted molar refractivity (Wildman–Crippen MR) is 101 cm³/mol. The number of nitrogens with zero attached hydrogens (tertiary/aromatic N) is 1. The number of carbonyl (C=O) groups excluding carboxylic acids is 1. The van der Waals surface area contributed by atoms with Crippen molar-refractivity contribution in [1.29, 1.82) is 0 Å². The van der Waals surface area contributed by atoms with Crippen LogP contribution in [0.2, 0.25) is 5.02 Å². The zero-order valence-electron chi connectivity index (χ0n) is 13.7. The van der Waals surface area contributed by atoms with E-state index < -0.39 is 10.8 Å². The third-order valence-corrected chi connectivity index (χ3v) is 3.82. The first-order valence-corrected chi connectivity index (χ1v) is 7.92. The van der Waals surface area contributed by atoms with E-state index in [4.69, 9.17) is 33.3 Å². The number of anilines is 1. The monoisotopic (exact) mass is 395 g/mol. The van der Waals surface area contributed by atoms with Gasteiger partial charge in [-0.3, -0.25) is 20.2 Å². The van der Waals surface area contributed by atoms with E-state index in [-0.39, 0.29) is 27.1 Å². The minimum absolute atomic E-state index is 0.0628. The summed E-state index contributed by atoms with van der Waals surface area (Å²) >= 11 is 11.0. The van der Waals surface area contributed by atoms with Crippen molar-refractivity contribution in [2.45, 2.75) is 0 Å². The van der Waals surface area contributed by atoms with Crippen LogP contribution in [0.3, 0.4) is 0 Å². The van der Waals surface area contributed by atoms with Crippen molar-refractivity contribution in [2.75, 3.05) is 19.5 Å². The number of hydrogen-bond donors (Lipinski definition) is 2. The van der Waals surface area contributed by atoms with Gasteiger partial charge in [0.25, 0.3) is 11.6 Å². The Balaban J connectivity index is 2.12. The van der Waals surface area contributed by atoms with Gasteiger partial charge in [-0.15, -0.1) is 0 Å². The van der Waals surface area contributed by atoms with Gasteiger partial charge in [-0.05, 0) is 36.5 Å². The largest absolute Gasteiger partial charge is 0.493 e. The number of benzene rings is 2. The second kappa shape index (κ2) is 8.45. The first-order chi connectivity index (χ1) is 12.3. The highest BCUT2D eigenvalue weighted by molar-refractivity contribution is 7.80. The maximum atomic E-state index is 12.3. The number of thiocarbonyl (C=S) groups is 1. The number of nitro groups is 1. The van der Waals surface area contributed by atoms with E-state index in [9.17, 15) is 14.9 Å². The number of non-ortho nitro benzene ring substituents is 1. The Labute approximate surface area is 159 Å². The molecule has 0 aliphatic rings.